The van der Waals surface area contributed by atoms with Crippen LogP contribution in [0.15, 0.2) is 48.5 Å². The van der Waals surface area contributed by atoms with Gasteiger partial charge in [-0.05, 0) is 23.3 Å². The summed E-state index contributed by atoms with van der Waals surface area (Å²) in [6.07, 6.45) is 0. The Morgan fingerprint density at radius 3 is 2.26 bits per heavy atom. The molecule has 0 spiro atoms. The van der Waals surface area contributed by atoms with Gasteiger partial charge in [0.2, 0.25) is 0 Å². The SMILES string of the molecule is Nc1ccccc1OCCN1Cc2ccccc2C1. The zero-order chi connectivity index (χ0) is 13.1. The molecule has 0 saturated heterocycles. The van der Waals surface area contributed by atoms with E-state index in [-0.39, 0.29) is 0 Å². The fraction of sp³-hybridized carbons (Fsp3) is 0.250. The molecule has 0 bridgehead atoms. The molecular weight excluding hydrogens is 236 g/mol. The van der Waals surface area contributed by atoms with Crippen molar-refractivity contribution >= 4 is 5.69 Å². The summed E-state index contributed by atoms with van der Waals surface area (Å²) in [6.45, 7) is 3.62. The van der Waals surface area contributed by atoms with Crippen LogP contribution in [0.1, 0.15) is 11.1 Å². The van der Waals surface area contributed by atoms with Crippen molar-refractivity contribution in [3.63, 3.8) is 0 Å². The lowest BCUT2D eigenvalue weighted by molar-refractivity contribution is 0.212. The van der Waals surface area contributed by atoms with Crippen LogP contribution in [0.25, 0.3) is 0 Å². The molecule has 3 rings (SSSR count). The average Bonchev–Trinajstić information content (AvgIpc) is 2.83. The molecule has 0 saturated carbocycles. The number of anilines is 1. The molecule has 0 atom stereocenters. The van der Waals surface area contributed by atoms with Crippen molar-refractivity contribution in [1.82, 2.24) is 4.90 Å². The molecule has 3 heteroatoms. The predicted molar refractivity (Wildman–Crippen MR) is 76.9 cm³/mol. The van der Waals surface area contributed by atoms with Crippen molar-refractivity contribution in [3.8, 4) is 5.75 Å². The van der Waals surface area contributed by atoms with Gasteiger partial charge in [0.1, 0.15) is 12.4 Å². The van der Waals surface area contributed by atoms with Crippen molar-refractivity contribution in [2.24, 2.45) is 0 Å². The topological polar surface area (TPSA) is 38.5 Å². The molecular formula is C16H18N2O. The smallest absolute Gasteiger partial charge is 0.142 e. The first kappa shape index (κ1) is 12.1. The van der Waals surface area contributed by atoms with E-state index in [1.807, 2.05) is 24.3 Å². The van der Waals surface area contributed by atoms with Crippen LogP contribution >= 0.6 is 0 Å². The van der Waals surface area contributed by atoms with E-state index in [9.17, 15) is 0 Å². The highest BCUT2D eigenvalue weighted by Crippen LogP contribution is 2.23. The molecule has 2 aromatic rings. The molecule has 98 valence electrons. The Bertz CT molecular complexity index is 543. The van der Waals surface area contributed by atoms with Gasteiger partial charge >= 0.3 is 0 Å². The van der Waals surface area contributed by atoms with E-state index >= 15 is 0 Å². The van der Waals surface area contributed by atoms with Gasteiger partial charge in [-0.25, -0.2) is 0 Å². The molecule has 1 aliphatic rings. The molecule has 0 aliphatic carbocycles. The van der Waals surface area contributed by atoms with Crippen LogP contribution in [0.5, 0.6) is 5.75 Å². The van der Waals surface area contributed by atoms with Crippen LogP contribution < -0.4 is 10.5 Å². The first-order valence-corrected chi connectivity index (χ1v) is 6.59. The summed E-state index contributed by atoms with van der Waals surface area (Å²) in [5, 5.41) is 0. The number of fused-ring (bicyclic) bond motifs is 1. The third-order valence-electron chi connectivity index (χ3n) is 3.49. The molecule has 1 aliphatic heterocycles. The van der Waals surface area contributed by atoms with E-state index in [2.05, 4.69) is 29.2 Å². The fourth-order valence-electron chi connectivity index (χ4n) is 2.46. The van der Waals surface area contributed by atoms with Crippen LogP contribution in [0.4, 0.5) is 5.69 Å². The van der Waals surface area contributed by atoms with Gasteiger partial charge in [0.25, 0.3) is 0 Å². The minimum atomic E-state index is 0.669. The Labute approximate surface area is 113 Å². The van der Waals surface area contributed by atoms with Gasteiger partial charge in [0.05, 0.1) is 5.69 Å². The number of benzene rings is 2. The van der Waals surface area contributed by atoms with E-state index in [1.165, 1.54) is 11.1 Å². The highest BCUT2D eigenvalue weighted by Gasteiger charge is 2.17. The van der Waals surface area contributed by atoms with Gasteiger partial charge in [-0.1, -0.05) is 36.4 Å². The quantitative estimate of drug-likeness (QED) is 0.852. The third-order valence-corrected chi connectivity index (χ3v) is 3.49. The van der Waals surface area contributed by atoms with E-state index in [1.54, 1.807) is 0 Å². The Morgan fingerprint density at radius 1 is 0.947 bits per heavy atom. The van der Waals surface area contributed by atoms with Crippen molar-refractivity contribution in [1.29, 1.82) is 0 Å². The van der Waals surface area contributed by atoms with Gasteiger partial charge in [0.15, 0.2) is 0 Å². The summed E-state index contributed by atoms with van der Waals surface area (Å²) in [5.74, 6) is 0.777. The summed E-state index contributed by atoms with van der Waals surface area (Å²) < 4.78 is 5.73. The summed E-state index contributed by atoms with van der Waals surface area (Å²) in [6, 6.07) is 16.2. The van der Waals surface area contributed by atoms with Crippen LogP contribution in [0.3, 0.4) is 0 Å². The molecule has 0 radical (unpaired) electrons. The summed E-state index contributed by atoms with van der Waals surface area (Å²) in [4.78, 5) is 2.39. The second-order valence-electron chi connectivity index (χ2n) is 4.87. The largest absolute Gasteiger partial charge is 0.490 e. The number of hydrogen-bond donors (Lipinski definition) is 1. The minimum Gasteiger partial charge on any atom is -0.490 e. The molecule has 3 nitrogen and oxygen atoms in total. The molecule has 2 aromatic carbocycles. The standard InChI is InChI=1S/C16H18N2O/c17-15-7-3-4-8-16(15)19-10-9-18-11-13-5-1-2-6-14(13)12-18/h1-8H,9-12,17H2. The van der Waals surface area contributed by atoms with E-state index in [0.29, 0.717) is 12.3 Å². The summed E-state index contributed by atoms with van der Waals surface area (Å²) >= 11 is 0. The zero-order valence-electron chi connectivity index (χ0n) is 10.9. The van der Waals surface area contributed by atoms with Gasteiger partial charge in [-0.15, -0.1) is 0 Å². The van der Waals surface area contributed by atoms with Crippen molar-refractivity contribution in [2.75, 3.05) is 18.9 Å². The number of para-hydroxylation sites is 2. The summed E-state index contributed by atoms with van der Waals surface area (Å²) in [7, 11) is 0. The Morgan fingerprint density at radius 2 is 1.58 bits per heavy atom. The number of nitrogens with zero attached hydrogens (tertiary/aromatic N) is 1. The monoisotopic (exact) mass is 254 g/mol. The average molecular weight is 254 g/mol. The van der Waals surface area contributed by atoms with E-state index in [4.69, 9.17) is 10.5 Å². The van der Waals surface area contributed by atoms with Gasteiger partial charge < -0.3 is 10.5 Å². The van der Waals surface area contributed by atoms with Crippen LogP contribution in [0, 0.1) is 0 Å². The maximum atomic E-state index is 5.85. The first-order chi connectivity index (χ1) is 9.33. The molecule has 1 heterocycles. The highest BCUT2D eigenvalue weighted by molar-refractivity contribution is 5.51. The number of rotatable bonds is 4. The lowest BCUT2D eigenvalue weighted by atomic mass is 10.1. The second kappa shape index (κ2) is 5.33. The molecule has 0 amide bonds. The second-order valence-corrected chi connectivity index (χ2v) is 4.87. The molecule has 0 aromatic heterocycles. The predicted octanol–water partition coefficient (Wildman–Crippen LogP) is 2.66. The number of nitrogens with two attached hydrogens (primary N) is 1. The molecule has 19 heavy (non-hydrogen) atoms. The fourth-order valence-corrected chi connectivity index (χ4v) is 2.46. The normalized spacial score (nSPS) is 14.3. The molecule has 2 N–H and O–H groups in total. The minimum absolute atomic E-state index is 0.669. The van der Waals surface area contributed by atoms with Crippen molar-refractivity contribution in [3.05, 3.63) is 59.7 Å². The number of nitrogen functional groups attached to an aromatic ring is 1. The molecule has 0 unspecified atom stereocenters. The molecule has 0 fully saturated rings. The number of hydrogen-bond acceptors (Lipinski definition) is 3. The van der Waals surface area contributed by atoms with Crippen molar-refractivity contribution in [2.45, 2.75) is 13.1 Å². The van der Waals surface area contributed by atoms with Gasteiger partial charge in [-0.2, -0.15) is 0 Å². The lowest BCUT2D eigenvalue weighted by Gasteiger charge is -2.15. The van der Waals surface area contributed by atoms with Crippen LogP contribution in [-0.2, 0) is 13.1 Å². The lowest BCUT2D eigenvalue weighted by Crippen LogP contribution is -2.23. The third kappa shape index (κ3) is 2.71. The maximum absolute atomic E-state index is 5.85. The van der Waals surface area contributed by atoms with Gasteiger partial charge in [0, 0.05) is 19.6 Å². The highest BCUT2D eigenvalue weighted by atomic mass is 16.5. The Balaban J connectivity index is 1.51. The van der Waals surface area contributed by atoms with Crippen LogP contribution in [0.2, 0.25) is 0 Å². The van der Waals surface area contributed by atoms with Crippen molar-refractivity contribution < 1.29 is 4.74 Å². The van der Waals surface area contributed by atoms with E-state index < -0.39 is 0 Å². The van der Waals surface area contributed by atoms with Gasteiger partial charge in [-0.3, -0.25) is 4.90 Å². The maximum Gasteiger partial charge on any atom is 0.142 e. The Kier molecular flexibility index (Phi) is 3.38. The Hall–Kier alpha value is -2.00. The first-order valence-electron chi connectivity index (χ1n) is 6.59. The number of ether oxygens (including phenoxy) is 1. The summed E-state index contributed by atoms with van der Waals surface area (Å²) in [5.41, 5.74) is 9.41. The van der Waals surface area contributed by atoms with Crippen LogP contribution in [-0.4, -0.2) is 18.1 Å². The van der Waals surface area contributed by atoms with E-state index in [0.717, 1.165) is 25.4 Å². The zero-order valence-corrected chi connectivity index (χ0v) is 10.9.